The summed E-state index contributed by atoms with van der Waals surface area (Å²) in [7, 11) is 2.13. The van der Waals surface area contributed by atoms with Crippen LogP contribution in [0.15, 0.2) is 42.6 Å². The van der Waals surface area contributed by atoms with Crippen molar-refractivity contribution in [2.75, 3.05) is 43.4 Å². The summed E-state index contributed by atoms with van der Waals surface area (Å²) in [5.41, 5.74) is 2.14. The number of nitrogens with one attached hydrogen (secondary N) is 2. The number of carbonyl (C=O) groups is 2. The first kappa shape index (κ1) is 19.4. The average molecular weight is 393 g/mol. The molecule has 1 aliphatic carbocycles. The molecule has 2 amide bonds. The van der Waals surface area contributed by atoms with Gasteiger partial charge in [-0.25, -0.2) is 4.98 Å². The fraction of sp³-hybridized carbons (Fsp3) is 0.409. The van der Waals surface area contributed by atoms with Crippen molar-refractivity contribution in [2.45, 2.75) is 19.4 Å². The second-order valence-electron chi connectivity index (χ2n) is 7.84. The molecule has 7 nitrogen and oxygen atoms in total. The molecular formula is C22H27N5O2. The number of amides is 2. The molecule has 0 bridgehead atoms. The number of anilines is 2. The molecule has 1 aromatic heterocycles. The van der Waals surface area contributed by atoms with E-state index >= 15 is 0 Å². The Hall–Kier alpha value is -2.93. The van der Waals surface area contributed by atoms with Crippen LogP contribution in [0, 0.1) is 5.92 Å². The van der Waals surface area contributed by atoms with Gasteiger partial charge in [0.05, 0.1) is 0 Å². The second kappa shape index (κ2) is 8.61. The summed E-state index contributed by atoms with van der Waals surface area (Å²) >= 11 is 0. The number of piperazine rings is 1. The fourth-order valence-electron chi connectivity index (χ4n) is 3.36. The van der Waals surface area contributed by atoms with Crippen molar-refractivity contribution in [1.82, 2.24) is 15.2 Å². The van der Waals surface area contributed by atoms with Crippen LogP contribution in [-0.2, 0) is 11.3 Å². The number of benzene rings is 1. The van der Waals surface area contributed by atoms with Crippen LogP contribution >= 0.6 is 0 Å². The molecule has 2 N–H and O–H groups in total. The SMILES string of the molecule is CN1CCN(c2ccc(CNC(=O)c3cccc(NC(=O)C4CC4)c3)cn2)CC1. The first-order valence-corrected chi connectivity index (χ1v) is 10.2. The minimum atomic E-state index is -0.171. The molecule has 0 spiro atoms. The number of nitrogens with zero attached hydrogens (tertiary/aromatic N) is 3. The zero-order chi connectivity index (χ0) is 20.2. The first-order valence-electron chi connectivity index (χ1n) is 10.2. The van der Waals surface area contributed by atoms with Crippen LogP contribution in [0.1, 0.15) is 28.8 Å². The van der Waals surface area contributed by atoms with E-state index < -0.39 is 0 Å². The average Bonchev–Trinajstić information content (AvgIpc) is 3.59. The van der Waals surface area contributed by atoms with Crippen molar-refractivity contribution in [3.8, 4) is 0 Å². The molecule has 0 atom stereocenters. The van der Waals surface area contributed by atoms with E-state index in [9.17, 15) is 9.59 Å². The standard InChI is InChI=1S/C22H27N5O2/c1-26-9-11-27(12-10-26)20-8-5-16(14-23-20)15-24-21(28)18-3-2-4-19(13-18)25-22(29)17-6-7-17/h2-5,8,13-14,17H,6-7,9-12,15H2,1H3,(H,24,28)(H,25,29). The number of carbonyl (C=O) groups excluding carboxylic acids is 2. The summed E-state index contributed by atoms with van der Waals surface area (Å²) in [6, 6.07) is 11.1. The summed E-state index contributed by atoms with van der Waals surface area (Å²) in [5.74, 6) is 0.978. The minimum absolute atomic E-state index is 0.0362. The minimum Gasteiger partial charge on any atom is -0.354 e. The lowest BCUT2D eigenvalue weighted by molar-refractivity contribution is -0.117. The van der Waals surface area contributed by atoms with Crippen molar-refractivity contribution < 1.29 is 9.59 Å². The molecule has 7 heteroatoms. The van der Waals surface area contributed by atoms with E-state index in [1.807, 2.05) is 18.3 Å². The summed E-state index contributed by atoms with van der Waals surface area (Å²) in [6.45, 7) is 4.45. The predicted octanol–water partition coefficient (Wildman–Crippen LogP) is 2.11. The highest BCUT2D eigenvalue weighted by molar-refractivity contribution is 5.98. The molecule has 0 radical (unpaired) electrons. The number of pyridine rings is 1. The van der Waals surface area contributed by atoms with Crippen LogP contribution in [0.4, 0.5) is 11.5 Å². The summed E-state index contributed by atoms with van der Waals surface area (Å²) in [6.07, 6.45) is 3.72. The Morgan fingerprint density at radius 3 is 2.59 bits per heavy atom. The van der Waals surface area contributed by atoms with Crippen LogP contribution in [0.3, 0.4) is 0 Å². The Morgan fingerprint density at radius 2 is 1.90 bits per heavy atom. The fourth-order valence-corrected chi connectivity index (χ4v) is 3.36. The van der Waals surface area contributed by atoms with Gasteiger partial charge < -0.3 is 20.4 Å². The molecule has 2 heterocycles. The quantitative estimate of drug-likeness (QED) is 0.786. The van der Waals surface area contributed by atoms with E-state index in [1.165, 1.54) is 0 Å². The van der Waals surface area contributed by atoms with Gasteiger partial charge in [0.15, 0.2) is 0 Å². The monoisotopic (exact) mass is 393 g/mol. The summed E-state index contributed by atoms with van der Waals surface area (Å²) in [5, 5.41) is 5.80. The lowest BCUT2D eigenvalue weighted by Gasteiger charge is -2.33. The van der Waals surface area contributed by atoms with E-state index in [2.05, 4.69) is 32.5 Å². The highest BCUT2D eigenvalue weighted by Crippen LogP contribution is 2.30. The first-order chi connectivity index (χ1) is 14.1. The highest BCUT2D eigenvalue weighted by Gasteiger charge is 2.29. The Kier molecular flexibility index (Phi) is 5.76. The molecule has 1 saturated heterocycles. The van der Waals surface area contributed by atoms with Crippen LogP contribution in [0.25, 0.3) is 0 Å². The largest absolute Gasteiger partial charge is 0.354 e. The normalized spacial score (nSPS) is 17.1. The van der Waals surface area contributed by atoms with E-state index in [1.54, 1.807) is 24.3 Å². The third kappa shape index (κ3) is 5.12. The zero-order valence-electron chi connectivity index (χ0n) is 16.7. The van der Waals surface area contributed by atoms with Gasteiger partial charge in [0.1, 0.15) is 5.82 Å². The van der Waals surface area contributed by atoms with Crippen LogP contribution in [0.5, 0.6) is 0 Å². The third-order valence-electron chi connectivity index (χ3n) is 5.43. The Balaban J connectivity index is 1.30. The van der Waals surface area contributed by atoms with E-state index in [0.717, 1.165) is 50.4 Å². The molecular weight excluding hydrogens is 366 g/mol. The van der Waals surface area contributed by atoms with Gasteiger partial charge in [-0.15, -0.1) is 0 Å². The molecule has 152 valence electrons. The van der Waals surface area contributed by atoms with Gasteiger partial charge in [0.25, 0.3) is 5.91 Å². The van der Waals surface area contributed by atoms with Crippen molar-refractivity contribution >= 4 is 23.3 Å². The third-order valence-corrected chi connectivity index (χ3v) is 5.43. The summed E-state index contributed by atoms with van der Waals surface area (Å²) in [4.78, 5) is 33.5. The van der Waals surface area contributed by atoms with Gasteiger partial charge in [-0.2, -0.15) is 0 Å². The van der Waals surface area contributed by atoms with Crippen LogP contribution in [0.2, 0.25) is 0 Å². The maximum atomic E-state index is 12.5. The van der Waals surface area contributed by atoms with E-state index in [-0.39, 0.29) is 17.7 Å². The van der Waals surface area contributed by atoms with Crippen LogP contribution in [-0.4, -0.2) is 54.9 Å². The van der Waals surface area contributed by atoms with Gasteiger partial charge in [-0.3, -0.25) is 9.59 Å². The number of hydrogen-bond acceptors (Lipinski definition) is 5. The van der Waals surface area contributed by atoms with Crippen molar-refractivity contribution in [1.29, 1.82) is 0 Å². The smallest absolute Gasteiger partial charge is 0.251 e. The lowest BCUT2D eigenvalue weighted by Crippen LogP contribution is -2.44. The maximum Gasteiger partial charge on any atom is 0.251 e. The molecule has 2 aliphatic rings. The molecule has 29 heavy (non-hydrogen) atoms. The lowest BCUT2D eigenvalue weighted by atomic mass is 10.1. The van der Waals surface area contributed by atoms with Gasteiger partial charge in [-0.05, 0) is 49.7 Å². The van der Waals surface area contributed by atoms with Gasteiger partial charge in [0, 0.05) is 56.1 Å². The summed E-state index contributed by atoms with van der Waals surface area (Å²) < 4.78 is 0. The van der Waals surface area contributed by atoms with Crippen molar-refractivity contribution in [2.24, 2.45) is 5.92 Å². The Labute approximate surface area is 171 Å². The van der Waals surface area contributed by atoms with E-state index in [4.69, 9.17) is 0 Å². The highest BCUT2D eigenvalue weighted by atomic mass is 16.2. The van der Waals surface area contributed by atoms with Gasteiger partial charge in [0.2, 0.25) is 5.91 Å². The Morgan fingerprint density at radius 1 is 1.10 bits per heavy atom. The van der Waals surface area contributed by atoms with Gasteiger partial charge in [-0.1, -0.05) is 12.1 Å². The number of rotatable bonds is 6. The predicted molar refractivity (Wildman–Crippen MR) is 113 cm³/mol. The van der Waals surface area contributed by atoms with Crippen LogP contribution < -0.4 is 15.5 Å². The van der Waals surface area contributed by atoms with Gasteiger partial charge >= 0.3 is 0 Å². The number of likely N-dealkylation sites (N-methyl/N-ethyl adjacent to an activating group) is 1. The number of hydrogen-bond donors (Lipinski definition) is 2. The molecule has 4 rings (SSSR count). The molecule has 1 aliphatic heterocycles. The topological polar surface area (TPSA) is 77.6 Å². The molecule has 1 saturated carbocycles. The second-order valence-corrected chi connectivity index (χ2v) is 7.84. The molecule has 1 aromatic carbocycles. The molecule has 0 unspecified atom stereocenters. The maximum absolute atomic E-state index is 12.5. The zero-order valence-corrected chi connectivity index (χ0v) is 16.7. The van der Waals surface area contributed by atoms with Crippen molar-refractivity contribution in [3.63, 3.8) is 0 Å². The van der Waals surface area contributed by atoms with Crippen molar-refractivity contribution in [3.05, 3.63) is 53.7 Å². The van der Waals surface area contributed by atoms with E-state index in [0.29, 0.717) is 17.8 Å². The number of aromatic nitrogens is 1. The molecule has 2 aromatic rings. The molecule has 2 fully saturated rings. The Bertz CT molecular complexity index is 871.